The molecule has 1 saturated heterocycles. The van der Waals surface area contributed by atoms with Gasteiger partial charge in [-0.25, -0.2) is 9.59 Å². The Kier molecular flexibility index (Phi) is 10.8. The number of nitrogens with zero attached hydrogens (tertiary/aromatic N) is 1. The molecule has 0 spiro atoms. The first-order valence-electron chi connectivity index (χ1n) is 15.8. The minimum atomic E-state index is -1.16. The van der Waals surface area contributed by atoms with Crippen LogP contribution in [0.5, 0.6) is 0 Å². The zero-order valence-electron chi connectivity index (χ0n) is 26.0. The number of hydroxylamine groups is 2. The number of rotatable bonds is 14. The Hall–Kier alpha value is -4.99. The summed E-state index contributed by atoms with van der Waals surface area (Å²) in [6.45, 7) is 2.50. The molecule has 46 heavy (non-hydrogen) atoms. The summed E-state index contributed by atoms with van der Waals surface area (Å²) in [5, 5.41) is 5.93. The van der Waals surface area contributed by atoms with Crippen molar-refractivity contribution in [2.75, 3.05) is 13.2 Å². The molecule has 10 heteroatoms. The number of carbonyl (C=O) groups excluding carboxylic acids is 5. The molecule has 0 unspecified atom stereocenters. The van der Waals surface area contributed by atoms with Crippen molar-refractivity contribution in [2.45, 2.75) is 70.3 Å². The number of hydrogen-bond acceptors (Lipinski definition) is 7. The van der Waals surface area contributed by atoms with E-state index in [9.17, 15) is 24.0 Å². The third kappa shape index (κ3) is 8.18. The number of imide groups is 1. The lowest BCUT2D eigenvalue weighted by atomic mass is 9.98. The van der Waals surface area contributed by atoms with Crippen molar-refractivity contribution in [1.29, 1.82) is 0 Å². The van der Waals surface area contributed by atoms with Gasteiger partial charge in [0.25, 0.3) is 11.8 Å². The van der Waals surface area contributed by atoms with E-state index in [1.54, 1.807) is 0 Å². The van der Waals surface area contributed by atoms with Crippen LogP contribution in [-0.2, 0) is 35.2 Å². The standard InChI is InChI=1S/C36H39N3O7/c1-24-16-18-25(19-17-24)9-8-15-32(40)37-22-7-6-14-31(35(43)46-39-33(41)20-21-34(39)42)38-36(44)45-23-30-28-12-4-2-10-26(28)27-11-3-5-13-29(27)30/h2-5,10-13,16-19,30-31H,6-9,14-15,20-23H2,1H3,(H,37,40)(H,38,44)/t31-/m0/s1. The van der Waals surface area contributed by atoms with Crippen LogP contribution in [0.2, 0.25) is 0 Å². The quantitative estimate of drug-likeness (QED) is 0.188. The maximum atomic E-state index is 13.0. The number of nitrogens with one attached hydrogen (secondary N) is 2. The molecule has 3 aromatic carbocycles. The highest BCUT2D eigenvalue weighted by molar-refractivity contribution is 6.01. The summed E-state index contributed by atoms with van der Waals surface area (Å²) in [7, 11) is 0. The zero-order valence-corrected chi connectivity index (χ0v) is 26.0. The number of ether oxygens (including phenoxy) is 1. The zero-order chi connectivity index (χ0) is 32.5. The largest absolute Gasteiger partial charge is 0.449 e. The molecule has 0 radical (unpaired) electrons. The molecular weight excluding hydrogens is 586 g/mol. The third-order valence-corrected chi connectivity index (χ3v) is 8.34. The van der Waals surface area contributed by atoms with E-state index in [2.05, 4.69) is 34.9 Å². The molecule has 3 aromatic rings. The number of unbranched alkanes of at least 4 members (excludes halogenated alkanes) is 1. The molecular formula is C36H39N3O7. The van der Waals surface area contributed by atoms with Gasteiger partial charge in [-0.05, 0) is 66.8 Å². The average molecular weight is 626 g/mol. The van der Waals surface area contributed by atoms with Crippen LogP contribution in [0, 0.1) is 6.92 Å². The Labute approximate surface area is 268 Å². The maximum Gasteiger partial charge on any atom is 0.407 e. The lowest BCUT2D eigenvalue weighted by molar-refractivity contribution is -0.199. The first kappa shape index (κ1) is 32.4. The second-order valence-corrected chi connectivity index (χ2v) is 11.7. The monoisotopic (exact) mass is 625 g/mol. The number of carbonyl (C=O) groups is 5. The van der Waals surface area contributed by atoms with Gasteiger partial charge in [0.2, 0.25) is 5.91 Å². The van der Waals surface area contributed by atoms with E-state index in [0.717, 1.165) is 35.1 Å². The molecule has 1 heterocycles. The SMILES string of the molecule is Cc1ccc(CCCC(=O)NCCCC[C@H](NC(=O)OCC2c3ccccc3-c3ccccc32)C(=O)ON2C(=O)CCC2=O)cc1. The second-order valence-electron chi connectivity index (χ2n) is 11.7. The van der Waals surface area contributed by atoms with Crippen LogP contribution >= 0.6 is 0 Å². The first-order valence-corrected chi connectivity index (χ1v) is 15.8. The molecule has 5 rings (SSSR count). The second kappa shape index (κ2) is 15.3. The molecule has 0 aromatic heterocycles. The van der Waals surface area contributed by atoms with E-state index in [1.807, 2.05) is 55.5 Å². The predicted molar refractivity (Wildman–Crippen MR) is 170 cm³/mol. The fourth-order valence-corrected chi connectivity index (χ4v) is 5.84. The van der Waals surface area contributed by atoms with Crippen LogP contribution in [0.25, 0.3) is 11.1 Å². The molecule has 4 amide bonds. The van der Waals surface area contributed by atoms with Crippen molar-refractivity contribution in [1.82, 2.24) is 15.7 Å². The molecule has 1 aliphatic heterocycles. The van der Waals surface area contributed by atoms with Crippen molar-refractivity contribution >= 4 is 29.8 Å². The van der Waals surface area contributed by atoms with Crippen molar-refractivity contribution in [3.63, 3.8) is 0 Å². The highest BCUT2D eigenvalue weighted by Crippen LogP contribution is 2.44. The predicted octanol–water partition coefficient (Wildman–Crippen LogP) is 5.12. The summed E-state index contributed by atoms with van der Waals surface area (Å²) in [5.74, 6) is -2.36. The van der Waals surface area contributed by atoms with Crippen LogP contribution in [0.3, 0.4) is 0 Å². The summed E-state index contributed by atoms with van der Waals surface area (Å²) in [6.07, 6.45) is 2.22. The molecule has 0 saturated carbocycles. The smallest absolute Gasteiger partial charge is 0.407 e. The van der Waals surface area contributed by atoms with Crippen LogP contribution < -0.4 is 10.6 Å². The van der Waals surface area contributed by atoms with Crippen LogP contribution in [0.15, 0.2) is 72.8 Å². The summed E-state index contributed by atoms with van der Waals surface area (Å²) in [6, 6.07) is 23.0. The van der Waals surface area contributed by atoms with Gasteiger partial charge in [-0.1, -0.05) is 78.4 Å². The van der Waals surface area contributed by atoms with Crippen molar-refractivity contribution < 1.29 is 33.5 Å². The molecule has 1 aliphatic carbocycles. The summed E-state index contributed by atoms with van der Waals surface area (Å²) < 4.78 is 5.60. The van der Waals surface area contributed by atoms with E-state index in [4.69, 9.17) is 9.57 Å². The number of amides is 4. The molecule has 10 nitrogen and oxygen atoms in total. The van der Waals surface area contributed by atoms with Gasteiger partial charge < -0.3 is 20.2 Å². The van der Waals surface area contributed by atoms with Crippen LogP contribution in [-0.4, -0.2) is 54.0 Å². The molecule has 0 bridgehead atoms. The van der Waals surface area contributed by atoms with E-state index < -0.39 is 29.9 Å². The molecule has 2 aliphatic rings. The highest BCUT2D eigenvalue weighted by Gasteiger charge is 2.36. The summed E-state index contributed by atoms with van der Waals surface area (Å²) in [4.78, 5) is 67.4. The van der Waals surface area contributed by atoms with Gasteiger partial charge in [-0.3, -0.25) is 14.4 Å². The lowest BCUT2D eigenvalue weighted by Gasteiger charge is -2.21. The van der Waals surface area contributed by atoms with Gasteiger partial charge in [0.15, 0.2) is 0 Å². The number of fused-ring (bicyclic) bond motifs is 3. The number of hydrogen-bond donors (Lipinski definition) is 2. The van der Waals surface area contributed by atoms with Gasteiger partial charge >= 0.3 is 12.1 Å². The molecule has 1 fully saturated rings. The van der Waals surface area contributed by atoms with Crippen molar-refractivity contribution in [2.24, 2.45) is 0 Å². The molecule has 240 valence electrons. The summed E-state index contributed by atoms with van der Waals surface area (Å²) in [5.41, 5.74) is 6.67. The van der Waals surface area contributed by atoms with Crippen LogP contribution in [0.1, 0.15) is 73.1 Å². The fourth-order valence-electron chi connectivity index (χ4n) is 5.84. The lowest BCUT2D eigenvalue weighted by Crippen LogP contribution is -2.45. The fraction of sp³-hybridized carbons (Fsp3) is 0.361. The number of benzene rings is 3. The number of alkyl carbamates (subject to hydrolysis) is 1. The summed E-state index contributed by atoms with van der Waals surface area (Å²) >= 11 is 0. The highest BCUT2D eigenvalue weighted by atomic mass is 16.7. The Morgan fingerprint density at radius 3 is 2.13 bits per heavy atom. The minimum absolute atomic E-state index is 0.0404. The van der Waals surface area contributed by atoms with E-state index in [0.29, 0.717) is 30.9 Å². The van der Waals surface area contributed by atoms with Gasteiger partial charge in [0, 0.05) is 31.7 Å². The molecule has 2 N–H and O–H groups in total. The van der Waals surface area contributed by atoms with Gasteiger partial charge in [0.1, 0.15) is 12.6 Å². The number of aryl methyl sites for hydroxylation is 2. The van der Waals surface area contributed by atoms with Gasteiger partial charge in [-0.2, -0.15) is 0 Å². The Morgan fingerprint density at radius 1 is 0.848 bits per heavy atom. The van der Waals surface area contributed by atoms with Crippen molar-refractivity contribution in [3.8, 4) is 11.1 Å². The van der Waals surface area contributed by atoms with E-state index >= 15 is 0 Å². The van der Waals surface area contributed by atoms with E-state index in [-0.39, 0.29) is 37.7 Å². The Morgan fingerprint density at radius 2 is 1.48 bits per heavy atom. The Bertz CT molecular complexity index is 1520. The first-order chi connectivity index (χ1) is 22.3. The van der Waals surface area contributed by atoms with E-state index in [1.165, 1.54) is 11.1 Å². The van der Waals surface area contributed by atoms with Crippen molar-refractivity contribution in [3.05, 3.63) is 95.1 Å². The van der Waals surface area contributed by atoms with Gasteiger partial charge in [-0.15, -0.1) is 5.06 Å². The van der Waals surface area contributed by atoms with Gasteiger partial charge in [0.05, 0.1) is 0 Å². The average Bonchev–Trinajstić information content (AvgIpc) is 3.55. The minimum Gasteiger partial charge on any atom is -0.449 e. The maximum absolute atomic E-state index is 13.0. The topological polar surface area (TPSA) is 131 Å². The molecule has 1 atom stereocenters. The normalized spacial score (nSPS) is 14.4. The third-order valence-electron chi connectivity index (χ3n) is 8.34. The van der Waals surface area contributed by atoms with Crippen LogP contribution in [0.4, 0.5) is 4.79 Å². The Balaban J connectivity index is 1.11.